The van der Waals surface area contributed by atoms with E-state index < -0.39 is 0 Å². The van der Waals surface area contributed by atoms with E-state index in [9.17, 15) is 0 Å². The molecule has 1 atom stereocenters. The van der Waals surface area contributed by atoms with Crippen molar-refractivity contribution in [1.29, 1.82) is 0 Å². The Hall–Kier alpha value is -2.16. The van der Waals surface area contributed by atoms with Gasteiger partial charge in [0.25, 0.3) is 0 Å². The van der Waals surface area contributed by atoms with Gasteiger partial charge in [0.1, 0.15) is 6.61 Å². The number of aryl methyl sites for hydroxylation is 1. The Morgan fingerprint density at radius 2 is 1.80 bits per heavy atom. The van der Waals surface area contributed by atoms with Crippen molar-refractivity contribution in [3.8, 4) is 11.5 Å². The number of para-hydroxylation sites is 3. The van der Waals surface area contributed by atoms with Gasteiger partial charge in [-0.3, -0.25) is 0 Å². The zero-order chi connectivity index (χ0) is 13.8. The van der Waals surface area contributed by atoms with Crippen LogP contribution < -0.4 is 14.8 Å². The molecule has 104 valence electrons. The third-order valence-corrected chi connectivity index (χ3v) is 3.65. The molecule has 0 fully saturated rings. The molecule has 2 aromatic rings. The van der Waals surface area contributed by atoms with Crippen molar-refractivity contribution in [2.45, 2.75) is 18.9 Å². The lowest BCUT2D eigenvalue weighted by molar-refractivity contribution is 0.272. The minimum Gasteiger partial charge on any atom is -0.493 e. The van der Waals surface area contributed by atoms with E-state index in [-0.39, 0.29) is 0 Å². The second-order valence-corrected chi connectivity index (χ2v) is 5.00. The number of hydrogen-bond donors (Lipinski definition) is 1. The van der Waals surface area contributed by atoms with Gasteiger partial charge in [-0.1, -0.05) is 30.3 Å². The zero-order valence-corrected chi connectivity index (χ0v) is 11.6. The predicted octanol–water partition coefficient (Wildman–Crippen LogP) is 3.50. The summed E-state index contributed by atoms with van der Waals surface area (Å²) in [5.41, 5.74) is 2.62. The number of anilines is 1. The van der Waals surface area contributed by atoms with Gasteiger partial charge in [0.2, 0.25) is 0 Å². The van der Waals surface area contributed by atoms with Gasteiger partial charge in [0.15, 0.2) is 11.5 Å². The van der Waals surface area contributed by atoms with Crippen LogP contribution in [0.1, 0.15) is 12.0 Å². The van der Waals surface area contributed by atoms with E-state index in [4.69, 9.17) is 9.47 Å². The number of ether oxygens (including phenoxy) is 2. The minimum absolute atomic E-state index is 0.342. The highest BCUT2D eigenvalue weighted by atomic mass is 16.5. The molecule has 1 aliphatic heterocycles. The minimum atomic E-state index is 0.342. The SMILES string of the molecule is COc1ccccc1OCC1CCc2ccccc2N1. The van der Waals surface area contributed by atoms with Crippen LogP contribution in [-0.4, -0.2) is 19.8 Å². The Morgan fingerprint density at radius 3 is 2.65 bits per heavy atom. The summed E-state index contributed by atoms with van der Waals surface area (Å²) >= 11 is 0. The highest BCUT2D eigenvalue weighted by molar-refractivity contribution is 5.53. The van der Waals surface area contributed by atoms with Gasteiger partial charge < -0.3 is 14.8 Å². The monoisotopic (exact) mass is 269 g/mol. The molecule has 0 bridgehead atoms. The highest BCUT2D eigenvalue weighted by Crippen LogP contribution is 2.28. The van der Waals surface area contributed by atoms with Crippen molar-refractivity contribution in [2.24, 2.45) is 0 Å². The lowest BCUT2D eigenvalue weighted by Gasteiger charge is -2.27. The largest absolute Gasteiger partial charge is 0.493 e. The summed E-state index contributed by atoms with van der Waals surface area (Å²) < 4.78 is 11.2. The summed E-state index contributed by atoms with van der Waals surface area (Å²) in [7, 11) is 1.66. The summed E-state index contributed by atoms with van der Waals surface area (Å²) in [4.78, 5) is 0. The van der Waals surface area contributed by atoms with Gasteiger partial charge in [-0.05, 0) is 36.6 Å². The molecule has 1 N–H and O–H groups in total. The number of benzene rings is 2. The number of hydrogen-bond acceptors (Lipinski definition) is 3. The molecule has 0 aliphatic carbocycles. The van der Waals surface area contributed by atoms with E-state index in [0.29, 0.717) is 12.6 Å². The quantitative estimate of drug-likeness (QED) is 0.921. The third kappa shape index (κ3) is 2.72. The first kappa shape index (κ1) is 12.9. The Balaban J connectivity index is 1.63. The van der Waals surface area contributed by atoms with E-state index >= 15 is 0 Å². The standard InChI is InChI=1S/C17H19NO2/c1-19-16-8-4-5-9-17(16)20-12-14-11-10-13-6-2-3-7-15(13)18-14/h2-9,14,18H,10-12H2,1H3. The summed E-state index contributed by atoms with van der Waals surface area (Å²) in [5, 5.41) is 3.54. The maximum Gasteiger partial charge on any atom is 0.161 e. The van der Waals surface area contributed by atoms with Crippen LogP contribution in [0.3, 0.4) is 0 Å². The van der Waals surface area contributed by atoms with Crippen LogP contribution in [0.4, 0.5) is 5.69 Å². The van der Waals surface area contributed by atoms with Crippen LogP contribution in [0.15, 0.2) is 48.5 Å². The number of rotatable bonds is 4. The maximum absolute atomic E-state index is 5.90. The van der Waals surface area contributed by atoms with Crippen molar-refractivity contribution in [3.63, 3.8) is 0 Å². The molecule has 0 aromatic heterocycles. The molecule has 0 saturated carbocycles. The van der Waals surface area contributed by atoms with Crippen LogP contribution >= 0.6 is 0 Å². The van der Waals surface area contributed by atoms with Crippen molar-refractivity contribution in [1.82, 2.24) is 0 Å². The summed E-state index contributed by atoms with van der Waals surface area (Å²) in [6.45, 7) is 0.648. The van der Waals surface area contributed by atoms with E-state index in [2.05, 4.69) is 29.6 Å². The molecule has 3 nitrogen and oxygen atoms in total. The lowest BCUT2D eigenvalue weighted by atomic mass is 9.99. The molecule has 0 saturated heterocycles. The molecule has 1 heterocycles. The van der Waals surface area contributed by atoms with Crippen molar-refractivity contribution in [2.75, 3.05) is 19.0 Å². The highest BCUT2D eigenvalue weighted by Gasteiger charge is 2.18. The number of methoxy groups -OCH3 is 1. The molecule has 20 heavy (non-hydrogen) atoms. The topological polar surface area (TPSA) is 30.5 Å². The molecule has 0 radical (unpaired) electrons. The van der Waals surface area contributed by atoms with Gasteiger partial charge in [-0.25, -0.2) is 0 Å². The Bertz CT molecular complexity index is 583. The fourth-order valence-corrected chi connectivity index (χ4v) is 2.55. The Kier molecular flexibility index (Phi) is 3.77. The maximum atomic E-state index is 5.90. The lowest BCUT2D eigenvalue weighted by Crippen LogP contribution is -2.31. The average molecular weight is 269 g/mol. The number of nitrogens with one attached hydrogen (secondary N) is 1. The summed E-state index contributed by atoms with van der Waals surface area (Å²) in [6, 6.07) is 16.6. The first-order chi connectivity index (χ1) is 9.86. The Morgan fingerprint density at radius 1 is 1.05 bits per heavy atom. The fraction of sp³-hybridized carbons (Fsp3) is 0.294. The zero-order valence-electron chi connectivity index (χ0n) is 11.6. The van der Waals surface area contributed by atoms with E-state index in [1.807, 2.05) is 24.3 Å². The van der Waals surface area contributed by atoms with E-state index in [0.717, 1.165) is 24.3 Å². The van der Waals surface area contributed by atoms with Crippen molar-refractivity contribution < 1.29 is 9.47 Å². The Labute approximate surface area is 119 Å². The van der Waals surface area contributed by atoms with Crippen LogP contribution in [-0.2, 0) is 6.42 Å². The van der Waals surface area contributed by atoms with Crippen LogP contribution in [0, 0.1) is 0 Å². The second kappa shape index (κ2) is 5.87. The molecule has 0 spiro atoms. The number of fused-ring (bicyclic) bond motifs is 1. The molecule has 3 rings (SSSR count). The second-order valence-electron chi connectivity index (χ2n) is 5.00. The van der Waals surface area contributed by atoms with Crippen molar-refractivity contribution in [3.05, 3.63) is 54.1 Å². The molecule has 3 heteroatoms. The van der Waals surface area contributed by atoms with Crippen molar-refractivity contribution >= 4 is 5.69 Å². The molecule has 1 unspecified atom stereocenters. The molecular formula is C17H19NO2. The third-order valence-electron chi connectivity index (χ3n) is 3.65. The smallest absolute Gasteiger partial charge is 0.161 e. The first-order valence-electron chi connectivity index (χ1n) is 6.97. The summed E-state index contributed by atoms with van der Waals surface area (Å²) in [6.07, 6.45) is 2.19. The molecule has 1 aliphatic rings. The van der Waals surface area contributed by atoms with Gasteiger partial charge in [-0.15, -0.1) is 0 Å². The van der Waals surface area contributed by atoms with Crippen LogP contribution in [0.2, 0.25) is 0 Å². The average Bonchev–Trinajstić information content (AvgIpc) is 2.53. The molecule has 0 amide bonds. The molecule has 2 aromatic carbocycles. The van der Waals surface area contributed by atoms with Crippen LogP contribution in [0.5, 0.6) is 11.5 Å². The van der Waals surface area contributed by atoms with Crippen LogP contribution in [0.25, 0.3) is 0 Å². The first-order valence-corrected chi connectivity index (χ1v) is 6.97. The van der Waals surface area contributed by atoms with Gasteiger partial charge in [0, 0.05) is 5.69 Å². The van der Waals surface area contributed by atoms with Gasteiger partial charge >= 0.3 is 0 Å². The van der Waals surface area contributed by atoms with E-state index in [1.54, 1.807) is 7.11 Å². The molecular weight excluding hydrogens is 250 g/mol. The van der Waals surface area contributed by atoms with Gasteiger partial charge in [0.05, 0.1) is 13.2 Å². The predicted molar refractivity (Wildman–Crippen MR) is 80.7 cm³/mol. The normalized spacial score (nSPS) is 16.9. The summed E-state index contributed by atoms with van der Waals surface area (Å²) in [5.74, 6) is 1.58. The van der Waals surface area contributed by atoms with Gasteiger partial charge in [-0.2, -0.15) is 0 Å². The van der Waals surface area contributed by atoms with E-state index in [1.165, 1.54) is 11.3 Å². The fourth-order valence-electron chi connectivity index (χ4n) is 2.55.